The van der Waals surface area contributed by atoms with Crippen LogP contribution in [0.2, 0.25) is 0 Å². The first-order valence-electron chi connectivity index (χ1n) is 6.42. The van der Waals surface area contributed by atoms with Crippen LogP contribution < -0.4 is 5.56 Å². The third-order valence-corrected chi connectivity index (χ3v) is 3.28. The summed E-state index contributed by atoms with van der Waals surface area (Å²) >= 11 is 1.38. The van der Waals surface area contributed by atoms with Crippen LogP contribution in [0.25, 0.3) is 11.0 Å². The second-order valence-corrected chi connectivity index (χ2v) is 4.77. The molecule has 0 aliphatic heterocycles. The van der Waals surface area contributed by atoms with E-state index in [9.17, 15) is 4.79 Å². The van der Waals surface area contributed by atoms with Crippen LogP contribution in [0.3, 0.4) is 0 Å². The van der Waals surface area contributed by atoms with Gasteiger partial charge in [-0.15, -0.1) is 0 Å². The van der Waals surface area contributed by atoms with Crippen molar-refractivity contribution in [1.29, 1.82) is 0 Å². The molecule has 2 rings (SSSR count). The van der Waals surface area contributed by atoms with Gasteiger partial charge in [0.2, 0.25) is 0 Å². The summed E-state index contributed by atoms with van der Waals surface area (Å²) in [5.41, 5.74) is 0.359. The van der Waals surface area contributed by atoms with Gasteiger partial charge in [-0.05, 0) is 20.1 Å². The van der Waals surface area contributed by atoms with Crippen molar-refractivity contribution in [2.24, 2.45) is 0 Å². The van der Waals surface area contributed by atoms with Crippen LogP contribution in [0.1, 0.15) is 13.8 Å². The predicted octanol–water partition coefficient (Wildman–Crippen LogP) is 1.24. The monoisotopic (exact) mass is 298 g/mol. The Morgan fingerprint density at radius 2 is 2.10 bits per heavy atom. The van der Waals surface area contributed by atoms with E-state index in [-0.39, 0.29) is 5.56 Å². The topological polar surface area (TPSA) is 82.0 Å². The van der Waals surface area contributed by atoms with Gasteiger partial charge in [-0.1, -0.05) is 11.8 Å². The molecule has 0 spiro atoms. The molecule has 110 valence electrons. The highest BCUT2D eigenvalue weighted by Gasteiger charge is 2.15. The molecule has 2 aromatic heterocycles. The van der Waals surface area contributed by atoms with Gasteiger partial charge in [0.05, 0.1) is 12.7 Å². The lowest BCUT2D eigenvalue weighted by atomic mass is 10.4. The van der Waals surface area contributed by atoms with Crippen LogP contribution in [-0.2, 0) is 16.0 Å². The molecule has 2 heterocycles. The number of thioether (sulfide) groups is 1. The van der Waals surface area contributed by atoms with Gasteiger partial charge < -0.3 is 14.5 Å². The smallest absolute Gasteiger partial charge is 0.262 e. The first-order valence-corrected chi connectivity index (χ1v) is 7.65. The lowest BCUT2D eigenvalue weighted by Crippen LogP contribution is -2.24. The van der Waals surface area contributed by atoms with Crippen molar-refractivity contribution in [3.8, 4) is 0 Å². The van der Waals surface area contributed by atoms with E-state index in [0.29, 0.717) is 35.9 Å². The molecular weight excluding hydrogens is 280 g/mol. The minimum Gasteiger partial charge on any atom is -0.351 e. The third-order valence-electron chi connectivity index (χ3n) is 2.70. The molecule has 0 saturated carbocycles. The molecule has 0 radical (unpaired) electrons. The molecular formula is C12H18N4O3S. The molecule has 0 aliphatic rings. The average Bonchev–Trinajstić information content (AvgIpc) is 2.83. The van der Waals surface area contributed by atoms with Crippen LogP contribution >= 0.6 is 11.8 Å². The van der Waals surface area contributed by atoms with Gasteiger partial charge in [0.25, 0.3) is 5.56 Å². The Kier molecular flexibility index (Phi) is 5.16. The van der Waals surface area contributed by atoms with Gasteiger partial charge in [0.15, 0.2) is 17.1 Å². The lowest BCUT2D eigenvalue weighted by Gasteiger charge is -2.16. The average molecular weight is 298 g/mol. The first-order chi connectivity index (χ1) is 9.69. The lowest BCUT2D eigenvalue weighted by molar-refractivity contribution is -0.144. The molecule has 1 N–H and O–H groups in total. The summed E-state index contributed by atoms with van der Waals surface area (Å²) in [6.07, 6.45) is 2.97. The highest BCUT2D eigenvalue weighted by molar-refractivity contribution is 7.98. The predicted molar refractivity (Wildman–Crippen MR) is 77.0 cm³/mol. The quantitative estimate of drug-likeness (QED) is 0.470. The zero-order valence-corrected chi connectivity index (χ0v) is 12.6. The number of fused-ring (bicyclic) bond motifs is 1. The number of aromatic amines is 1. The molecule has 8 heteroatoms. The standard InChI is InChI=1S/C12H18N4O3S/c1-4-18-9(19-5-2)7-16-10-8(6-13-16)11(17)15-12(14-10)20-3/h6,9H,4-5,7H2,1-3H3,(H,14,15,17). The second kappa shape index (κ2) is 6.87. The van der Waals surface area contributed by atoms with Gasteiger partial charge in [-0.3, -0.25) is 4.79 Å². The fraction of sp³-hybridized carbons (Fsp3) is 0.583. The molecule has 0 saturated heterocycles. The number of nitrogens with zero attached hydrogens (tertiary/aromatic N) is 3. The number of hydrogen-bond donors (Lipinski definition) is 1. The van der Waals surface area contributed by atoms with Gasteiger partial charge in [0, 0.05) is 13.2 Å². The van der Waals surface area contributed by atoms with E-state index in [2.05, 4.69) is 15.1 Å². The summed E-state index contributed by atoms with van der Waals surface area (Å²) < 4.78 is 12.6. The fourth-order valence-corrected chi connectivity index (χ4v) is 2.21. The van der Waals surface area contributed by atoms with Gasteiger partial charge in [-0.25, -0.2) is 9.67 Å². The molecule has 20 heavy (non-hydrogen) atoms. The Morgan fingerprint density at radius 1 is 1.40 bits per heavy atom. The van der Waals surface area contributed by atoms with E-state index in [4.69, 9.17) is 9.47 Å². The van der Waals surface area contributed by atoms with Crippen LogP contribution in [0.15, 0.2) is 16.1 Å². The normalized spacial score (nSPS) is 11.6. The molecule has 0 aliphatic carbocycles. The maximum Gasteiger partial charge on any atom is 0.262 e. The van der Waals surface area contributed by atoms with Crippen molar-refractivity contribution >= 4 is 22.8 Å². The molecule has 0 unspecified atom stereocenters. The zero-order chi connectivity index (χ0) is 14.5. The van der Waals surface area contributed by atoms with Crippen LogP contribution in [0.5, 0.6) is 0 Å². The largest absolute Gasteiger partial charge is 0.351 e. The van der Waals surface area contributed by atoms with E-state index >= 15 is 0 Å². The third kappa shape index (κ3) is 3.20. The highest BCUT2D eigenvalue weighted by atomic mass is 32.2. The van der Waals surface area contributed by atoms with Crippen molar-refractivity contribution in [3.63, 3.8) is 0 Å². The van der Waals surface area contributed by atoms with Crippen molar-refractivity contribution in [1.82, 2.24) is 19.7 Å². The molecule has 0 bridgehead atoms. The summed E-state index contributed by atoms with van der Waals surface area (Å²) in [5.74, 6) is 0. The van der Waals surface area contributed by atoms with Crippen molar-refractivity contribution in [3.05, 3.63) is 16.6 Å². The SMILES string of the molecule is CCOC(Cn1ncc2c(=O)[nH]c(SC)nc21)OCC. The Balaban J connectivity index is 2.34. The Hall–Kier alpha value is -1.38. The van der Waals surface area contributed by atoms with E-state index in [0.717, 1.165) is 0 Å². The number of H-pyrrole nitrogens is 1. The highest BCUT2D eigenvalue weighted by Crippen LogP contribution is 2.13. The Labute approximate surface area is 120 Å². The van der Waals surface area contributed by atoms with Gasteiger partial charge in [-0.2, -0.15) is 5.10 Å². The summed E-state index contributed by atoms with van der Waals surface area (Å²) in [7, 11) is 0. The van der Waals surface area contributed by atoms with E-state index in [1.165, 1.54) is 18.0 Å². The van der Waals surface area contributed by atoms with Gasteiger partial charge in [0.1, 0.15) is 5.39 Å². The minimum absolute atomic E-state index is 0.185. The van der Waals surface area contributed by atoms with Crippen LogP contribution in [0, 0.1) is 0 Å². The maximum atomic E-state index is 11.9. The first kappa shape index (κ1) is 15.0. The summed E-state index contributed by atoms with van der Waals surface area (Å²) in [6, 6.07) is 0. The van der Waals surface area contributed by atoms with E-state index < -0.39 is 6.29 Å². The van der Waals surface area contributed by atoms with E-state index in [1.807, 2.05) is 20.1 Å². The summed E-state index contributed by atoms with van der Waals surface area (Å²) in [4.78, 5) is 19.0. The zero-order valence-electron chi connectivity index (χ0n) is 11.8. The fourth-order valence-electron chi connectivity index (χ4n) is 1.84. The van der Waals surface area contributed by atoms with Crippen LogP contribution in [0.4, 0.5) is 0 Å². The number of aromatic nitrogens is 4. The second-order valence-electron chi connectivity index (χ2n) is 3.98. The van der Waals surface area contributed by atoms with Crippen LogP contribution in [-0.4, -0.2) is 45.5 Å². The molecule has 0 amide bonds. The molecule has 0 aromatic carbocycles. The molecule has 0 atom stereocenters. The van der Waals surface area contributed by atoms with Crippen molar-refractivity contribution < 1.29 is 9.47 Å². The summed E-state index contributed by atoms with van der Waals surface area (Å²) in [6.45, 7) is 5.31. The van der Waals surface area contributed by atoms with Crippen molar-refractivity contribution in [2.45, 2.75) is 31.8 Å². The minimum atomic E-state index is -0.396. The Morgan fingerprint density at radius 3 is 2.70 bits per heavy atom. The van der Waals surface area contributed by atoms with Gasteiger partial charge >= 0.3 is 0 Å². The molecule has 0 fully saturated rings. The molecule has 7 nitrogen and oxygen atoms in total. The number of rotatable bonds is 7. The van der Waals surface area contributed by atoms with Crippen molar-refractivity contribution in [2.75, 3.05) is 19.5 Å². The number of ether oxygens (including phenoxy) is 2. The number of hydrogen-bond acceptors (Lipinski definition) is 6. The van der Waals surface area contributed by atoms with E-state index in [1.54, 1.807) is 4.68 Å². The molecule has 2 aromatic rings. The summed E-state index contributed by atoms with van der Waals surface area (Å²) in [5, 5.41) is 5.23. The maximum absolute atomic E-state index is 11.9. The number of nitrogens with one attached hydrogen (secondary N) is 1. The Bertz CT molecular complexity index is 619.